The number of carboxylic acid groups (broad SMARTS) is 1. The molecule has 4 nitrogen and oxygen atoms in total. The lowest BCUT2D eigenvalue weighted by atomic mass is 10.0. The van der Waals surface area contributed by atoms with Crippen LogP contribution in [0.25, 0.3) is 11.6 Å². The zero-order chi connectivity index (χ0) is 19.9. The Bertz CT molecular complexity index is 993. The van der Waals surface area contributed by atoms with Crippen molar-refractivity contribution < 1.29 is 23.8 Å². The zero-order valence-electron chi connectivity index (χ0n) is 15.3. The average Bonchev–Trinajstić information content (AvgIpc) is 2.72. The molecule has 0 aliphatic carbocycles. The summed E-state index contributed by atoms with van der Waals surface area (Å²) in [6.45, 7) is 0.0874. The lowest BCUT2D eigenvalue weighted by molar-refractivity contribution is -0.130. The first-order valence-corrected chi connectivity index (χ1v) is 8.62. The number of benzene rings is 3. The van der Waals surface area contributed by atoms with Crippen molar-refractivity contribution in [1.82, 2.24) is 0 Å². The first-order chi connectivity index (χ1) is 13.6. The van der Waals surface area contributed by atoms with Crippen molar-refractivity contribution in [3.63, 3.8) is 0 Å². The molecule has 0 aliphatic heterocycles. The van der Waals surface area contributed by atoms with Crippen LogP contribution >= 0.6 is 0 Å². The molecule has 0 unspecified atom stereocenters. The van der Waals surface area contributed by atoms with Gasteiger partial charge in [0.15, 0.2) is 0 Å². The van der Waals surface area contributed by atoms with Gasteiger partial charge in [-0.25, -0.2) is 9.18 Å². The van der Waals surface area contributed by atoms with Crippen molar-refractivity contribution in [2.45, 2.75) is 6.61 Å². The largest absolute Gasteiger partial charge is 0.497 e. The fourth-order valence-electron chi connectivity index (χ4n) is 2.68. The highest BCUT2D eigenvalue weighted by Gasteiger charge is 2.11. The minimum Gasteiger partial charge on any atom is -0.497 e. The average molecular weight is 378 g/mol. The molecule has 28 heavy (non-hydrogen) atoms. The van der Waals surface area contributed by atoms with E-state index in [0.29, 0.717) is 28.2 Å². The highest BCUT2D eigenvalue weighted by Crippen LogP contribution is 2.24. The Morgan fingerprint density at radius 3 is 2.43 bits per heavy atom. The summed E-state index contributed by atoms with van der Waals surface area (Å²) in [4.78, 5) is 11.7. The molecule has 0 amide bonds. The van der Waals surface area contributed by atoms with Crippen LogP contribution in [0.2, 0.25) is 0 Å². The van der Waals surface area contributed by atoms with Crippen LogP contribution in [-0.4, -0.2) is 18.2 Å². The van der Waals surface area contributed by atoms with Crippen molar-refractivity contribution in [3.05, 3.63) is 95.3 Å². The van der Waals surface area contributed by atoms with Crippen LogP contribution in [0.15, 0.2) is 72.8 Å². The lowest BCUT2D eigenvalue weighted by Gasteiger charge is -2.09. The molecule has 0 atom stereocenters. The van der Waals surface area contributed by atoms with E-state index in [1.165, 1.54) is 6.07 Å². The topological polar surface area (TPSA) is 55.8 Å². The molecule has 0 aliphatic rings. The number of methoxy groups -OCH3 is 1. The van der Waals surface area contributed by atoms with Gasteiger partial charge in [-0.3, -0.25) is 0 Å². The van der Waals surface area contributed by atoms with Gasteiger partial charge in [0, 0.05) is 5.56 Å². The highest BCUT2D eigenvalue weighted by molar-refractivity contribution is 6.20. The predicted octanol–water partition coefficient (Wildman–Crippen LogP) is 5.04. The van der Waals surface area contributed by atoms with Gasteiger partial charge >= 0.3 is 5.97 Å². The molecule has 0 radical (unpaired) electrons. The summed E-state index contributed by atoms with van der Waals surface area (Å²) in [5, 5.41) is 9.59. The molecule has 3 aromatic rings. The summed E-state index contributed by atoms with van der Waals surface area (Å²) in [5.74, 6) is -0.192. The van der Waals surface area contributed by atoms with E-state index in [2.05, 4.69) is 0 Å². The second kappa shape index (κ2) is 8.86. The number of rotatable bonds is 7. The molecule has 0 heterocycles. The third kappa shape index (κ3) is 4.76. The number of carboxylic acids is 1. The standard InChI is InChI=1S/C23H19FO4/c1-27-19-11-9-17(10-12-19)21(23(25)26)14-16-5-4-7-20(13-16)28-15-18-6-2-3-8-22(18)24/h2-14H,15H2,1H3,(H,25,26)/b21-14-. The summed E-state index contributed by atoms with van der Waals surface area (Å²) in [7, 11) is 1.55. The van der Waals surface area contributed by atoms with Crippen molar-refractivity contribution in [2.75, 3.05) is 7.11 Å². The van der Waals surface area contributed by atoms with E-state index in [-0.39, 0.29) is 18.0 Å². The second-order valence-electron chi connectivity index (χ2n) is 6.04. The molecule has 0 saturated carbocycles. The van der Waals surface area contributed by atoms with Crippen LogP contribution in [0.1, 0.15) is 16.7 Å². The van der Waals surface area contributed by atoms with E-state index in [9.17, 15) is 14.3 Å². The Labute approximate surface area is 162 Å². The van der Waals surface area contributed by atoms with Gasteiger partial charge in [0.1, 0.15) is 23.9 Å². The van der Waals surface area contributed by atoms with Crippen LogP contribution in [0.4, 0.5) is 4.39 Å². The monoisotopic (exact) mass is 378 g/mol. The minimum absolute atomic E-state index is 0.0874. The smallest absolute Gasteiger partial charge is 0.336 e. The number of carbonyl (C=O) groups is 1. The van der Waals surface area contributed by atoms with Crippen molar-refractivity contribution in [3.8, 4) is 11.5 Å². The second-order valence-corrected chi connectivity index (χ2v) is 6.04. The first kappa shape index (κ1) is 19.2. The van der Waals surface area contributed by atoms with E-state index >= 15 is 0 Å². The maximum atomic E-state index is 13.7. The van der Waals surface area contributed by atoms with Gasteiger partial charge < -0.3 is 14.6 Å². The van der Waals surface area contributed by atoms with E-state index in [4.69, 9.17) is 9.47 Å². The summed E-state index contributed by atoms with van der Waals surface area (Å²) in [6.07, 6.45) is 1.57. The molecule has 142 valence electrons. The number of aliphatic carboxylic acids is 1. The summed E-state index contributed by atoms with van der Waals surface area (Å²) in [6, 6.07) is 20.2. The van der Waals surface area contributed by atoms with Gasteiger partial charge in [0.25, 0.3) is 0 Å². The molecular formula is C23H19FO4. The molecular weight excluding hydrogens is 359 g/mol. The summed E-state index contributed by atoms with van der Waals surface area (Å²) >= 11 is 0. The molecule has 1 N–H and O–H groups in total. The maximum Gasteiger partial charge on any atom is 0.336 e. The van der Waals surface area contributed by atoms with E-state index in [1.807, 2.05) is 0 Å². The Hall–Kier alpha value is -3.60. The molecule has 0 aromatic heterocycles. The van der Waals surface area contributed by atoms with E-state index in [1.54, 1.807) is 79.9 Å². The molecule has 0 bridgehead atoms. The fourth-order valence-corrected chi connectivity index (χ4v) is 2.68. The van der Waals surface area contributed by atoms with Crippen LogP contribution < -0.4 is 9.47 Å². The Kier molecular flexibility index (Phi) is 6.07. The molecule has 5 heteroatoms. The van der Waals surface area contributed by atoms with Crippen LogP contribution in [0, 0.1) is 5.82 Å². The highest BCUT2D eigenvalue weighted by atomic mass is 19.1. The Morgan fingerprint density at radius 2 is 1.75 bits per heavy atom. The van der Waals surface area contributed by atoms with Crippen LogP contribution in [0.5, 0.6) is 11.5 Å². The molecule has 0 saturated heterocycles. The van der Waals surface area contributed by atoms with Crippen molar-refractivity contribution in [2.24, 2.45) is 0 Å². The zero-order valence-corrected chi connectivity index (χ0v) is 15.3. The third-order valence-electron chi connectivity index (χ3n) is 4.15. The number of halogens is 1. The van der Waals surface area contributed by atoms with E-state index in [0.717, 1.165) is 0 Å². The van der Waals surface area contributed by atoms with Gasteiger partial charge in [-0.1, -0.05) is 42.5 Å². The predicted molar refractivity (Wildman–Crippen MR) is 106 cm³/mol. The number of ether oxygens (including phenoxy) is 2. The molecule has 0 spiro atoms. The SMILES string of the molecule is COc1ccc(/C(=C/c2cccc(OCc3ccccc3F)c2)C(=O)O)cc1. The Morgan fingerprint density at radius 1 is 1.00 bits per heavy atom. The summed E-state index contributed by atoms with van der Waals surface area (Å²) < 4.78 is 24.5. The molecule has 3 rings (SSSR count). The normalized spacial score (nSPS) is 11.1. The van der Waals surface area contributed by atoms with E-state index < -0.39 is 5.97 Å². The van der Waals surface area contributed by atoms with Gasteiger partial charge in [0.2, 0.25) is 0 Å². The van der Waals surface area contributed by atoms with Gasteiger partial charge in [-0.05, 0) is 47.5 Å². The van der Waals surface area contributed by atoms with Crippen molar-refractivity contribution in [1.29, 1.82) is 0 Å². The van der Waals surface area contributed by atoms with Crippen LogP contribution in [-0.2, 0) is 11.4 Å². The fraction of sp³-hybridized carbons (Fsp3) is 0.0870. The Balaban J connectivity index is 1.82. The quantitative estimate of drug-likeness (QED) is 0.462. The van der Waals surface area contributed by atoms with Crippen molar-refractivity contribution >= 4 is 17.6 Å². The van der Waals surface area contributed by atoms with Gasteiger partial charge in [-0.2, -0.15) is 0 Å². The van der Waals surface area contributed by atoms with Crippen LogP contribution in [0.3, 0.4) is 0 Å². The first-order valence-electron chi connectivity index (χ1n) is 8.62. The third-order valence-corrected chi connectivity index (χ3v) is 4.15. The molecule has 0 fully saturated rings. The maximum absolute atomic E-state index is 13.7. The summed E-state index contributed by atoms with van der Waals surface area (Å²) in [5.41, 5.74) is 1.83. The lowest BCUT2D eigenvalue weighted by Crippen LogP contribution is -2.00. The van der Waals surface area contributed by atoms with Gasteiger partial charge in [-0.15, -0.1) is 0 Å². The number of hydrogen-bond acceptors (Lipinski definition) is 3. The van der Waals surface area contributed by atoms with Gasteiger partial charge in [0.05, 0.1) is 12.7 Å². The number of hydrogen-bond donors (Lipinski definition) is 1. The minimum atomic E-state index is -1.04. The molecule has 3 aromatic carbocycles.